The number of rotatable bonds is 4. The molecule has 2 aliphatic carbocycles. The maximum absolute atomic E-state index is 2.52. The van der Waals surface area contributed by atoms with E-state index in [2.05, 4.69) is 155 Å². The van der Waals surface area contributed by atoms with Crippen molar-refractivity contribution < 1.29 is 0 Å². The number of hydrogen-bond acceptors (Lipinski definition) is 0. The first-order valence-corrected chi connectivity index (χ1v) is 15.7. The third-order valence-electron chi connectivity index (χ3n) is 9.45. The Morgan fingerprint density at radius 3 is 1.84 bits per heavy atom. The number of hydrogen-bond donors (Lipinski definition) is 0. The molecule has 0 amide bonds. The normalized spacial score (nSPS) is 13.8. The van der Waals surface area contributed by atoms with E-state index >= 15 is 0 Å². The summed E-state index contributed by atoms with van der Waals surface area (Å²) < 4.78 is 5.01. The second kappa shape index (κ2) is 10.1. The van der Waals surface area contributed by atoms with Gasteiger partial charge in [-0.1, -0.05) is 109 Å². The zero-order valence-electron chi connectivity index (χ0n) is 24.6. The highest BCUT2D eigenvalue weighted by Crippen LogP contribution is 2.39. The molecule has 2 heteroatoms. The van der Waals surface area contributed by atoms with Gasteiger partial charge in [0.25, 0.3) is 0 Å². The van der Waals surface area contributed by atoms with Gasteiger partial charge in [-0.25, -0.2) is 0 Å². The zero-order valence-corrected chi connectivity index (χ0v) is 24.6. The van der Waals surface area contributed by atoms with Gasteiger partial charge in [-0.05, 0) is 89.9 Å². The number of aromatic nitrogens is 2. The lowest BCUT2D eigenvalue weighted by Gasteiger charge is -2.19. The highest BCUT2D eigenvalue weighted by atomic mass is 15.0. The SMILES string of the molecule is C1=Cc2c(c3ccccc3n2-c2cc(-c3ccc(-c4ccccc4)cc3)cc(-n3c4c(c5ccccc53)C=CCC4)c2)CC1. The summed E-state index contributed by atoms with van der Waals surface area (Å²) in [4.78, 5) is 0. The van der Waals surface area contributed by atoms with Crippen LogP contribution in [0.3, 0.4) is 0 Å². The molecule has 2 heterocycles. The first kappa shape index (κ1) is 25.2. The molecule has 210 valence electrons. The number of fused-ring (bicyclic) bond motifs is 6. The van der Waals surface area contributed by atoms with Gasteiger partial charge in [0.05, 0.1) is 11.0 Å². The molecular formula is C42H32N2. The van der Waals surface area contributed by atoms with Crippen LogP contribution in [0, 0.1) is 0 Å². The lowest BCUT2D eigenvalue weighted by molar-refractivity contribution is 0.887. The molecule has 0 saturated carbocycles. The Bertz CT molecular complexity index is 2260. The van der Waals surface area contributed by atoms with Crippen LogP contribution in [-0.2, 0) is 12.8 Å². The van der Waals surface area contributed by atoms with Crippen LogP contribution in [0.15, 0.2) is 133 Å². The summed E-state index contributed by atoms with van der Waals surface area (Å²) >= 11 is 0. The molecule has 0 bridgehead atoms. The topological polar surface area (TPSA) is 9.86 Å². The van der Waals surface area contributed by atoms with Crippen LogP contribution in [0.25, 0.3) is 67.6 Å². The van der Waals surface area contributed by atoms with Gasteiger partial charge in [-0.2, -0.15) is 0 Å². The van der Waals surface area contributed by atoms with E-state index in [1.165, 1.54) is 77.9 Å². The van der Waals surface area contributed by atoms with E-state index in [-0.39, 0.29) is 0 Å². The molecule has 0 aliphatic heterocycles. The maximum atomic E-state index is 2.52. The maximum Gasteiger partial charge on any atom is 0.0537 e. The smallest absolute Gasteiger partial charge is 0.0537 e. The quantitative estimate of drug-likeness (QED) is 0.201. The Kier molecular flexibility index (Phi) is 5.80. The molecule has 0 unspecified atom stereocenters. The standard InChI is InChI=1S/C42H32N2/c1-2-12-29(13-3-1)30-22-24-31(25-23-30)32-26-33(43-39-18-8-4-14-35(39)36-15-5-9-19-40(36)43)28-34(27-32)44-41-20-10-6-16-37(41)38-17-7-11-21-42(38)44/h1-6,8,10-16,18,20-28H,7,9,17,19H2. The van der Waals surface area contributed by atoms with Crippen LogP contribution >= 0.6 is 0 Å². The van der Waals surface area contributed by atoms with E-state index in [1.54, 1.807) is 0 Å². The Balaban J connectivity index is 1.31. The molecule has 9 rings (SSSR count). The van der Waals surface area contributed by atoms with E-state index in [1.807, 2.05) is 0 Å². The molecule has 0 spiro atoms. The van der Waals surface area contributed by atoms with Crippen molar-refractivity contribution in [2.24, 2.45) is 0 Å². The first-order valence-electron chi connectivity index (χ1n) is 15.7. The minimum atomic E-state index is 1.04. The molecule has 0 saturated heterocycles. The van der Waals surface area contributed by atoms with Crippen molar-refractivity contribution >= 4 is 34.0 Å². The highest BCUT2D eigenvalue weighted by molar-refractivity contribution is 5.94. The van der Waals surface area contributed by atoms with Crippen LogP contribution in [0.4, 0.5) is 0 Å². The molecule has 2 aliphatic rings. The summed E-state index contributed by atoms with van der Waals surface area (Å²) in [5.41, 5.74) is 15.4. The second-order valence-corrected chi connectivity index (χ2v) is 12.0. The van der Waals surface area contributed by atoms with E-state index in [4.69, 9.17) is 0 Å². The summed E-state index contributed by atoms with van der Waals surface area (Å²) in [5.74, 6) is 0. The lowest BCUT2D eigenvalue weighted by Crippen LogP contribution is -2.06. The largest absolute Gasteiger partial charge is 0.313 e. The van der Waals surface area contributed by atoms with Gasteiger partial charge in [0.1, 0.15) is 0 Å². The van der Waals surface area contributed by atoms with Gasteiger partial charge >= 0.3 is 0 Å². The van der Waals surface area contributed by atoms with Gasteiger partial charge in [0.15, 0.2) is 0 Å². The van der Waals surface area contributed by atoms with Gasteiger partial charge in [0, 0.05) is 39.1 Å². The van der Waals surface area contributed by atoms with Crippen LogP contribution in [-0.4, -0.2) is 9.13 Å². The minimum Gasteiger partial charge on any atom is -0.313 e. The van der Waals surface area contributed by atoms with E-state index in [0.717, 1.165) is 25.7 Å². The van der Waals surface area contributed by atoms with Crippen molar-refractivity contribution in [3.63, 3.8) is 0 Å². The fraction of sp³-hybridized carbons (Fsp3) is 0.0952. The van der Waals surface area contributed by atoms with Crippen LogP contribution in [0.2, 0.25) is 0 Å². The minimum absolute atomic E-state index is 1.04. The van der Waals surface area contributed by atoms with Crippen molar-refractivity contribution in [2.75, 3.05) is 0 Å². The highest BCUT2D eigenvalue weighted by Gasteiger charge is 2.22. The summed E-state index contributed by atoms with van der Waals surface area (Å²) in [7, 11) is 0. The van der Waals surface area contributed by atoms with Crippen molar-refractivity contribution in [1.82, 2.24) is 9.13 Å². The summed E-state index contributed by atoms with van der Waals surface area (Å²) in [6.45, 7) is 0. The number of nitrogens with zero attached hydrogens (tertiary/aromatic N) is 2. The Morgan fingerprint density at radius 1 is 0.455 bits per heavy atom. The van der Waals surface area contributed by atoms with Gasteiger partial charge in [-0.15, -0.1) is 0 Å². The Hall–Kier alpha value is -5.34. The van der Waals surface area contributed by atoms with E-state index in [0.29, 0.717) is 0 Å². The summed E-state index contributed by atoms with van der Waals surface area (Å²) in [5, 5.41) is 2.68. The van der Waals surface area contributed by atoms with Gasteiger partial charge < -0.3 is 9.13 Å². The average Bonchev–Trinajstić information content (AvgIpc) is 3.62. The molecule has 0 atom stereocenters. The summed E-state index contributed by atoms with van der Waals surface area (Å²) in [6.07, 6.45) is 13.6. The molecule has 2 aromatic heterocycles. The number of para-hydroxylation sites is 2. The van der Waals surface area contributed by atoms with Crippen molar-refractivity contribution in [2.45, 2.75) is 25.7 Å². The van der Waals surface area contributed by atoms with Gasteiger partial charge in [0.2, 0.25) is 0 Å². The zero-order chi connectivity index (χ0) is 29.0. The molecular weight excluding hydrogens is 532 g/mol. The molecule has 44 heavy (non-hydrogen) atoms. The predicted octanol–water partition coefficient (Wildman–Crippen LogP) is 10.8. The van der Waals surface area contributed by atoms with Crippen molar-refractivity contribution in [3.8, 4) is 33.6 Å². The molecule has 2 nitrogen and oxygen atoms in total. The van der Waals surface area contributed by atoms with Crippen LogP contribution in [0.5, 0.6) is 0 Å². The molecule has 7 aromatic rings. The molecule has 0 fully saturated rings. The monoisotopic (exact) mass is 564 g/mol. The van der Waals surface area contributed by atoms with Crippen LogP contribution < -0.4 is 0 Å². The van der Waals surface area contributed by atoms with Crippen molar-refractivity contribution in [1.29, 1.82) is 0 Å². The summed E-state index contributed by atoms with van der Waals surface area (Å²) in [6, 6.07) is 44.7. The predicted molar refractivity (Wildman–Crippen MR) is 186 cm³/mol. The average molecular weight is 565 g/mol. The third-order valence-corrected chi connectivity index (χ3v) is 9.45. The number of aryl methyl sites for hydroxylation is 1. The number of benzene rings is 5. The fourth-order valence-electron chi connectivity index (χ4n) is 7.44. The third kappa shape index (κ3) is 3.95. The molecule has 5 aromatic carbocycles. The first-order chi connectivity index (χ1) is 21.8. The Morgan fingerprint density at radius 2 is 1.05 bits per heavy atom. The molecule has 0 radical (unpaired) electrons. The van der Waals surface area contributed by atoms with Gasteiger partial charge in [-0.3, -0.25) is 0 Å². The lowest BCUT2D eigenvalue weighted by atomic mass is 9.99. The second-order valence-electron chi connectivity index (χ2n) is 12.0. The molecule has 0 N–H and O–H groups in total. The van der Waals surface area contributed by atoms with E-state index < -0.39 is 0 Å². The Labute approximate surface area is 257 Å². The van der Waals surface area contributed by atoms with Crippen molar-refractivity contribution in [3.05, 3.63) is 156 Å². The van der Waals surface area contributed by atoms with E-state index in [9.17, 15) is 0 Å². The fourth-order valence-corrected chi connectivity index (χ4v) is 7.44. The van der Waals surface area contributed by atoms with Crippen LogP contribution in [0.1, 0.15) is 35.4 Å². The number of allylic oxidation sites excluding steroid dienone is 2.